The predicted molar refractivity (Wildman–Crippen MR) is 72.2 cm³/mol. The number of carbonyl (C=O) groups is 3. The zero-order valence-corrected chi connectivity index (χ0v) is 12.1. The van der Waals surface area contributed by atoms with Crippen molar-refractivity contribution in [2.75, 3.05) is 12.4 Å². The molecule has 0 aromatic carbocycles. The maximum absolute atomic E-state index is 11.8. The molecule has 1 saturated heterocycles. The van der Waals surface area contributed by atoms with Crippen LogP contribution in [0.3, 0.4) is 0 Å². The second kappa shape index (κ2) is 6.08. The molecule has 1 fully saturated rings. The molecule has 8 heteroatoms. The number of thioether (sulfide) groups is 1. The van der Waals surface area contributed by atoms with Gasteiger partial charge in [0.05, 0.1) is 25.0 Å². The van der Waals surface area contributed by atoms with E-state index in [4.69, 9.17) is 4.74 Å². The molecule has 0 spiro atoms. The van der Waals surface area contributed by atoms with Crippen molar-refractivity contribution in [2.45, 2.75) is 19.9 Å². The van der Waals surface area contributed by atoms with Crippen molar-refractivity contribution in [3.63, 3.8) is 0 Å². The molecular formula is C12H15N3O4S. The third kappa shape index (κ3) is 2.84. The minimum atomic E-state index is -0.500. The average Bonchev–Trinajstić information content (AvgIpc) is 2.76. The Morgan fingerprint density at radius 1 is 1.50 bits per heavy atom. The van der Waals surface area contributed by atoms with Crippen molar-refractivity contribution in [1.82, 2.24) is 14.7 Å². The lowest BCUT2D eigenvalue weighted by Crippen LogP contribution is -2.38. The molecule has 1 aromatic heterocycles. The van der Waals surface area contributed by atoms with Crippen LogP contribution in [-0.2, 0) is 23.1 Å². The predicted octanol–water partition coefficient (Wildman–Crippen LogP) is 1.18. The van der Waals surface area contributed by atoms with Gasteiger partial charge >= 0.3 is 5.97 Å². The molecule has 108 valence electrons. The van der Waals surface area contributed by atoms with E-state index >= 15 is 0 Å². The lowest BCUT2D eigenvalue weighted by molar-refractivity contribution is -0.128. The molecule has 7 nitrogen and oxygen atoms in total. The fourth-order valence-corrected chi connectivity index (χ4v) is 2.65. The van der Waals surface area contributed by atoms with Gasteiger partial charge < -0.3 is 4.74 Å². The maximum Gasteiger partial charge on any atom is 0.341 e. The van der Waals surface area contributed by atoms with Crippen LogP contribution < -0.4 is 0 Å². The first-order chi connectivity index (χ1) is 9.54. The van der Waals surface area contributed by atoms with Crippen molar-refractivity contribution in [1.29, 1.82) is 0 Å². The number of hydrogen-bond acceptors (Lipinski definition) is 6. The average molecular weight is 297 g/mol. The van der Waals surface area contributed by atoms with Crippen LogP contribution in [0, 0.1) is 0 Å². The summed E-state index contributed by atoms with van der Waals surface area (Å²) in [6.45, 7) is 2.00. The fourth-order valence-electron chi connectivity index (χ4n) is 1.87. The summed E-state index contributed by atoms with van der Waals surface area (Å²) >= 11 is 1.10. The zero-order valence-electron chi connectivity index (χ0n) is 11.3. The normalized spacial score (nSPS) is 15.6. The molecule has 0 bridgehead atoms. The van der Waals surface area contributed by atoms with Crippen molar-refractivity contribution < 1.29 is 19.1 Å². The smallest absolute Gasteiger partial charge is 0.341 e. The van der Waals surface area contributed by atoms with Crippen LogP contribution >= 0.6 is 11.8 Å². The molecule has 1 aromatic rings. The standard InChI is InChI=1S/C12H15N3O4S/c1-3-19-11(17)8-6-13-14(2)9(8)7-15-10(16)4-5-20-12(15)18/h6H,3-5,7H2,1-2H3. The minimum Gasteiger partial charge on any atom is -0.462 e. The second-order valence-corrected chi connectivity index (χ2v) is 5.24. The van der Waals surface area contributed by atoms with E-state index in [-0.39, 0.29) is 29.9 Å². The van der Waals surface area contributed by atoms with Crippen molar-refractivity contribution in [3.8, 4) is 0 Å². The Morgan fingerprint density at radius 2 is 2.25 bits per heavy atom. The molecule has 1 aliphatic rings. The molecule has 0 radical (unpaired) electrons. The number of nitrogens with zero attached hydrogens (tertiary/aromatic N) is 3. The number of rotatable bonds is 4. The number of imide groups is 1. The van der Waals surface area contributed by atoms with Crippen LogP contribution in [0.25, 0.3) is 0 Å². The molecule has 0 unspecified atom stereocenters. The number of aromatic nitrogens is 2. The molecule has 0 atom stereocenters. The molecule has 20 heavy (non-hydrogen) atoms. The number of ether oxygens (including phenoxy) is 1. The van der Waals surface area contributed by atoms with Crippen LogP contribution in [0.1, 0.15) is 29.4 Å². The van der Waals surface area contributed by atoms with Gasteiger partial charge in [0, 0.05) is 19.2 Å². The lowest BCUT2D eigenvalue weighted by Gasteiger charge is -2.24. The fraction of sp³-hybridized carbons (Fsp3) is 0.500. The van der Waals surface area contributed by atoms with E-state index in [1.54, 1.807) is 14.0 Å². The monoisotopic (exact) mass is 297 g/mol. The first kappa shape index (κ1) is 14.6. The molecule has 0 N–H and O–H groups in total. The summed E-state index contributed by atoms with van der Waals surface area (Å²) in [4.78, 5) is 36.5. The second-order valence-electron chi connectivity index (χ2n) is 4.19. The molecule has 2 amide bonds. The summed E-state index contributed by atoms with van der Waals surface area (Å²) in [7, 11) is 1.66. The van der Waals surface area contributed by atoms with Crippen LogP contribution in [0.5, 0.6) is 0 Å². The highest BCUT2D eigenvalue weighted by atomic mass is 32.2. The van der Waals surface area contributed by atoms with Gasteiger partial charge in [-0.2, -0.15) is 5.10 Å². The van der Waals surface area contributed by atoms with Crippen LogP contribution in [-0.4, -0.2) is 44.2 Å². The summed E-state index contributed by atoms with van der Waals surface area (Å²) in [6.07, 6.45) is 1.71. The Kier molecular flexibility index (Phi) is 4.43. The van der Waals surface area contributed by atoms with Gasteiger partial charge in [-0.25, -0.2) is 4.79 Å². The van der Waals surface area contributed by atoms with Gasteiger partial charge in [0.25, 0.3) is 5.24 Å². The SMILES string of the molecule is CCOC(=O)c1cnn(C)c1CN1C(=O)CCSC1=O. The Hall–Kier alpha value is -1.83. The van der Waals surface area contributed by atoms with E-state index < -0.39 is 5.97 Å². The summed E-state index contributed by atoms with van der Waals surface area (Å²) in [5.74, 6) is -0.227. The molecule has 0 saturated carbocycles. The summed E-state index contributed by atoms with van der Waals surface area (Å²) in [6, 6.07) is 0. The summed E-state index contributed by atoms with van der Waals surface area (Å²) in [5.41, 5.74) is 0.776. The third-order valence-electron chi connectivity index (χ3n) is 2.93. The highest BCUT2D eigenvalue weighted by molar-refractivity contribution is 8.13. The zero-order chi connectivity index (χ0) is 14.7. The van der Waals surface area contributed by atoms with Crippen molar-refractivity contribution in [2.24, 2.45) is 7.05 Å². The number of amides is 2. The van der Waals surface area contributed by atoms with Gasteiger partial charge in [-0.05, 0) is 6.92 Å². The van der Waals surface area contributed by atoms with E-state index in [1.165, 1.54) is 10.9 Å². The molecule has 2 heterocycles. The van der Waals surface area contributed by atoms with Crippen LogP contribution in [0.4, 0.5) is 4.79 Å². The minimum absolute atomic E-state index is 0.0370. The molecular weight excluding hydrogens is 282 g/mol. The first-order valence-corrected chi connectivity index (χ1v) is 7.18. The lowest BCUT2D eigenvalue weighted by atomic mass is 10.2. The Bertz CT molecular complexity index is 539. The van der Waals surface area contributed by atoms with E-state index in [9.17, 15) is 14.4 Å². The van der Waals surface area contributed by atoms with Crippen molar-refractivity contribution >= 4 is 28.9 Å². The van der Waals surface area contributed by atoms with Gasteiger partial charge in [-0.3, -0.25) is 19.2 Å². The van der Waals surface area contributed by atoms with Gasteiger partial charge in [-0.1, -0.05) is 11.8 Å². The number of carbonyl (C=O) groups excluding carboxylic acids is 3. The van der Waals surface area contributed by atoms with E-state index in [0.29, 0.717) is 17.9 Å². The maximum atomic E-state index is 11.8. The Morgan fingerprint density at radius 3 is 2.90 bits per heavy atom. The van der Waals surface area contributed by atoms with Crippen LogP contribution in [0.2, 0.25) is 0 Å². The quantitative estimate of drug-likeness (QED) is 0.776. The summed E-state index contributed by atoms with van der Waals surface area (Å²) in [5, 5.41) is 3.70. The first-order valence-electron chi connectivity index (χ1n) is 6.19. The van der Waals surface area contributed by atoms with Gasteiger partial charge in [0.15, 0.2) is 0 Å². The van der Waals surface area contributed by atoms with Crippen molar-refractivity contribution in [3.05, 3.63) is 17.5 Å². The molecule has 2 rings (SSSR count). The largest absolute Gasteiger partial charge is 0.462 e. The summed E-state index contributed by atoms with van der Waals surface area (Å²) < 4.78 is 6.42. The number of aryl methyl sites for hydroxylation is 1. The molecule has 0 aliphatic carbocycles. The van der Waals surface area contributed by atoms with E-state index in [1.807, 2.05) is 0 Å². The molecule has 1 aliphatic heterocycles. The number of hydrogen-bond donors (Lipinski definition) is 0. The Labute approximate surface area is 120 Å². The van der Waals surface area contributed by atoms with E-state index in [0.717, 1.165) is 16.7 Å². The topological polar surface area (TPSA) is 81.5 Å². The number of esters is 1. The van der Waals surface area contributed by atoms with Gasteiger partial charge in [0.2, 0.25) is 5.91 Å². The van der Waals surface area contributed by atoms with Gasteiger partial charge in [0.1, 0.15) is 5.56 Å². The third-order valence-corrected chi connectivity index (χ3v) is 3.80. The van der Waals surface area contributed by atoms with Crippen LogP contribution in [0.15, 0.2) is 6.20 Å². The van der Waals surface area contributed by atoms with E-state index in [2.05, 4.69) is 5.10 Å². The highest BCUT2D eigenvalue weighted by Gasteiger charge is 2.29. The highest BCUT2D eigenvalue weighted by Crippen LogP contribution is 2.22. The Balaban J connectivity index is 2.24. The van der Waals surface area contributed by atoms with Gasteiger partial charge in [-0.15, -0.1) is 0 Å².